The number of aliphatic hydroxyl groups is 1. The Morgan fingerprint density at radius 2 is 1.67 bits per heavy atom. The molecule has 1 amide bonds. The topological polar surface area (TPSA) is 75.3 Å². The van der Waals surface area contributed by atoms with Crippen molar-refractivity contribution in [3.05, 3.63) is 36.7 Å². The van der Waals surface area contributed by atoms with Gasteiger partial charge < -0.3 is 16.2 Å². The molecular weight excluding hydrogens is 156 g/mol. The van der Waals surface area contributed by atoms with Gasteiger partial charge in [0.2, 0.25) is 5.91 Å². The molecule has 0 aromatic heterocycles. The van der Waals surface area contributed by atoms with Gasteiger partial charge in [0.15, 0.2) is 0 Å². The summed E-state index contributed by atoms with van der Waals surface area (Å²) in [5.74, 6) is -0.690. The summed E-state index contributed by atoms with van der Waals surface area (Å²) in [4.78, 5) is 9.34. The highest BCUT2D eigenvalue weighted by Crippen LogP contribution is 1.81. The van der Waals surface area contributed by atoms with Crippen molar-refractivity contribution >= 4 is 5.91 Å². The molecule has 1 rings (SSSR count). The van der Waals surface area contributed by atoms with Crippen molar-refractivity contribution in [3.63, 3.8) is 0 Å². The van der Waals surface area contributed by atoms with Crippen LogP contribution in [0.1, 0.15) is 0 Å². The SMILES string of the molecule is C1=CC=CNC=C1.NC(=O)CO. The van der Waals surface area contributed by atoms with Crippen LogP contribution in [0.3, 0.4) is 0 Å². The van der Waals surface area contributed by atoms with E-state index in [-0.39, 0.29) is 0 Å². The monoisotopic (exact) mass is 168 g/mol. The van der Waals surface area contributed by atoms with Crippen LogP contribution in [0.15, 0.2) is 36.7 Å². The fourth-order valence-electron chi connectivity index (χ4n) is 0.406. The molecule has 0 fully saturated rings. The van der Waals surface area contributed by atoms with Crippen molar-refractivity contribution in [3.8, 4) is 0 Å². The molecule has 4 N–H and O–H groups in total. The molecule has 0 aliphatic carbocycles. The van der Waals surface area contributed by atoms with Crippen LogP contribution in [-0.2, 0) is 4.79 Å². The molecule has 0 atom stereocenters. The van der Waals surface area contributed by atoms with E-state index in [1.54, 1.807) is 0 Å². The Morgan fingerprint density at radius 3 is 2.00 bits per heavy atom. The first kappa shape index (κ1) is 10.4. The zero-order chi connectivity index (χ0) is 9.23. The molecule has 66 valence electrons. The second-order valence-corrected chi connectivity index (χ2v) is 1.89. The Labute approximate surface area is 71.1 Å². The Morgan fingerprint density at radius 1 is 1.25 bits per heavy atom. The average molecular weight is 168 g/mol. The minimum Gasteiger partial charge on any atom is -0.387 e. The number of nitrogens with two attached hydrogens (primary N) is 1. The molecule has 0 radical (unpaired) electrons. The van der Waals surface area contributed by atoms with E-state index in [0.29, 0.717) is 0 Å². The van der Waals surface area contributed by atoms with Crippen LogP contribution in [0.4, 0.5) is 0 Å². The van der Waals surface area contributed by atoms with Gasteiger partial charge in [0, 0.05) is 12.4 Å². The molecular formula is C8H12N2O2. The summed E-state index contributed by atoms with van der Waals surface area (Å²) in [7, 11) is 0. The second kappa shape index (κ2) is 7.56. The predicted molar refractivity (Wildman–Crippen MR) is 46.8 cm³/mol. The second-order valence-electron chi connectivity index (χ2n) is 1.89. The smallest absolute Gasteiger partial charge is 0.243 e. The van der Waals surface area contributed by atoms with Gasteiger partial charge in [0.1, 0.15) is 6.61 Å². The third-order valence-corrected chi connectivity index (χ3v) is 0.874. The Balaban J connectivity index is 0.000000217. The highest BCUT2D eigenvalue weighted by Gasteiger charge is 1.79. The van der Waals surface area contributed by atoms with E-state index in [1.165, 1.54) is 0 Å². The van der Waals surface area contributed by atoms with E-state index in [4.69, 9.17) is 5.11 Å². The van der Waals surface area contributed by atoms with Gasteiger partial charge in [-0.3, -0.25) is 4.79 Å². The quantitative estimate of drug-likeness (QED) is 0.500. The fourth-order valence-corrected chi connectivity index (χ4v) is 0.406. The average Bonchev–Trinajstić information content (AvgIpc) is 2.35. The molecule has 0 aromatic rings. The van der Waals surface area contributed by atoms with E-state index < -0.39 is 12.5 Å². The number of hydrogen-bond donors (Lipinski definition) is 3. The molecule has 0 saturated carbocycles. The first-order chi connectivity index (χ1) is 5.77. The highest BCUT2D eigenvalue weighted by molar-refractivity contribution is 5.74. The summed E-state index contributed by atoms with van der Waals surface area (Å²) in [6.45, 7) is -0.556. The number of hydrogen-bond acceptors (Lipinski definition) is 3. The van der Waals surface area contributed by atoms with Crippen LogP contribution < -0.4 is 11.1 Å². The van der Waals surface area contributed by atoms with E-state index in [2.05, 4.69) is 11.1 Å². The predicted octanol–water partition coefficient (Wildman–Crippen LogP) is -0.363. The summed E-state index contributed by atoms with van der Waals surface area (Å²) >= 11 is 0. The van der Waals surface area contributed by atoms with Gasteiger partial charge in [0.25, 0.3) is 0 Å². The number of amides is 1. The number of primary amides is 1. The minimum absolute atomic E-state index is 0.556. The number of carbonyl (C=O) groups is 1. The molecule has 0 spiro atoms. The van der Waals surface area contributed by atoms with Crippen molar-refractivity contribution in [1.82, 2.24) is 5.32 Å². The van der Waals surface area contributed by atoms with E-state index in [9.17, 15) is 4.79 Å². The molecule has 0 unspecified atom stereocenters. The number of nitrogens with one attached hydrogen (secondary N) is 1. The van der Waals surface area contributed by atoms with Gasteiger partial charge in [-0.25, -0.2) is 0 Å². The maximum Gasteiger partial charge on any atom is 0.243 e. The Hall–Kier alpha value is -1.55. The van der Waals surface area contributed by atoms with Crippen LogP contribution in [0.5, 0.6) is 0 Å². The maximum absolute atomic E-state index is 9.34. The van der Waals surface area contributed by atoms with Crippen LogP contribution in [-0.4, -0.2) is 17.6 Å². The molecule has 1 heterocycles. The lowest BCUT2D eigenvalue weighted by Crippen LogP contribution is -2.14. The van der Waals surface area contributed by atoms with Gasteiger partial charge in [-0.05, 0) is 12.2 Å². The fraction of sp³-hybridized carbons (Fsp3) is 0.125. The summed E-state index contributed by atoms with van der Waals surface area (Å²) in [5.41, 5.74) is 4.40. The molecule has 0 bridgehead atoms. The van der Waals surface area contributed by atoms with Gasteiger partial charge in [0.05, 0.1) is 0 Å². The summed E-state index contributed by atoms with van der Waals surface area (Å²) < 4.78 is 0. The largest absolute Gasteiger partial charge is 0.387 e. The van der Waals surface area contributed by atoms with Crippen LogP contribution in [0, 0.1) is 0 Å². The van der Waals surface area contributed by atoms with Crippen LogP contribution in [0.25, 0.3) is 0 Å². The zero-order valence-electron chi connectivity index (χ0n) is 6.60. The molecule has 0 aromatic carbocycles. The van der Waals surface area contributed by atoms with Crippen molar-refractivity contribution in [2.75, 3.05) is 6.61 Å². The lowest BCUT2D eigenvalue weighted by molar-refractivity contribution is -0.120. The van der Waals surface area contributed by atoms with Crippen LogP contribution >= 0.6 is 0 Å². The summed E-state index contributed by atoms with van der Waals surface area (Å²) in [6.07, 6.45) is 11.6. The van der Waals surface area contributed by atoms with E-state index in [0.717, 1.165) is 0 Å². The van der Waals surface area contributed by atoms with Gasteiger partial charge in [-0.1, -0.05) is 12.2 Å². The van der Waals surface area contributed by atoms with Crippen LogP contribution in [0.2, 0.25) is 0 Å². The van der Waals surface area contributed by atoms with Crippen molar-refractivity contribution < 1.29 is 9.90 Å². The number of carbonyl (C=O) groups excluding carboxylic acids is 1. The summed E-state index contributed by atoms with van der Waals surface area (Å²) in [5, 5.41) is 10.6. The van der Waals surface area contributed by atoms with Gasteiger partial charge in [-0.2, -0.15) is 0 Å². The van der Waals surface area contributed by atoms with E-state index in [1.807, 2.05) is 36.7 Å². The Bertz CT molecular complexity index is 193. The van der Waals surface area contributed by atoms with Crippen molar-refractivity contribution in [2.24, 2.45) is 5.73 Å². The Kier molecular flexibility index (Phi) is 6.58. The standard InChI is InChI=1S/C6H7N.C2H5NO2/c1-2-4-6-7-5-3-1;3-2(5)1-4/h1-7H;4H,1H2,(H2,3,5). The lowest BCUT2D eigenvalue weighted by atomic mass is 10.5. The van der Waals surface area contributed by atoms with Gasteiger partial charge >= 0.3 is 0 Å². The molecule has 1 aliphatic heterocycles. The molecule has 1 aliphatic rings. The summed E-state index contributed by atoms with van der Waals surface area (Å²) in [6, 6.07) is 0. The molecule has 4 heteroatoms. The third kappa shape index (κ3) is 8.45. The normalized spacial score (nSPS) is 12.4. The number of allylic oxidation sites excluding steroid dienone is 4. The number of aliphatic hydroxyl groups excluding tert-OH is 1. The third-order valence-electron chi connectivity index (χ3n) is 0.874. The zero-order valence-corrected chi connectivity index (χ0v) is 6.60. The molecule has 0 saturated heterocycles. The minimum atomic E-state index is -0.690. The first-order valence-electron chi connectivity index (χ1n) is 3.41. The highest BCUT2D eigenvalue weighted by atomic mass is 16.3. The van der Waals surface area contributed by atoms with Crippen molar-refractivity contribution in [1.29, 1.82) is 0 Å². The maximum atomic E-state index is 9.34. The lowest BCUT2D eigenvalue weighted by Gasteiger charge is -1.79. The molecule has 12 heavy (non-hydrogen) atoms. The number of rotatable bonds is 1. The molecule has 4 nitrogen and oxygen atoms in total. The first-order valence-corrected chi connectivity index (χ1v) is 3.41. The van der Waals surface area contributed by atoms with Gasteiger partial charge in [-0.15, -0.1) is 0 Å². The van der Waals surface area contributed by atoms with Crippen molar-refractivity contribution in [2.45, 2.75) is 0 Å². The van der Waals surface area contributed by atoms with E-state index >= 15 is 0 Å².